The van der Waals surface area contributed by atoms with E-state index in [4.69, 9.17) is 5.11 Å². The molecule has 1 aliphatic rings. The van der Waals surface area contributed by atoms with Crippen LogP contribution < -0.4 is 0 Å². The van der Waals surface area contributed by atoms with Crippen LogP contribution in [0.15, 0.2) is 0 Å². The molecule has 1 rings (SSSR count). The first kappa shape index (κ1) is 12.5. The van der Waals surface area contributed by atoms with Crippen LogP contribution in [-0.2, 0) is 4.79 Å². The first-order chi connectivity index (χ1) is 6.88. The molecule has 1 saturated heterocycles. The average Bonchev–Trinajstić information content (AvgIpc) is 2.39. The standard InChI is InChI=1S/C11H22N2O2/c1-11(2,3)9-8-10(15)13(12(9)4)6-5-7-14/h9,14H,5-8H2,1-4H3. The van der Waals surface area contributed by atoms with Gasteiger partial charge in [-0.15, -0.1) is 0 Å². The molecule has 15 heavy (non-hydrogen) atoms. The lowest BCUT2D eigenvalue weighted by molar-refractivity contribution is -0.138. The molecule has 0 bridgehead atoms. The molecule has 4 heteroatoms. The van der Waals surface area contributed by atoms with Gasteiger partial charge >= 0.3 is 0 Å². The maximum Gasteiger partial charge on any atom is 0.238 e. The lowest BCUT2D eigenvalue weighted by atomic mass is 9.85. The summed E-state index contributed by atoms with van der Waals surface area (Å²) in [5.74, 6) is 0.172. The average molecular weight is 214 g/mol. The van der Waals surface area contributed by atoms with Crippen LogP contribution in [0.5, 0.6) is 0 Å². The van der Waals surface area contributed by atoms with E-state index in [1.807, 2.05) is 12.1 Å². The second-order valence-corrected chi connectivity index (χ2v) is 5.25. The van der Waals surface area contributed by atoms with E-state index in [1.54, 1.807) is 5.01 Å². The summed E-state index contributed by atoms with van der Waals surface area (Å²) in [5.41, 5.74) is 0.109. The first-order valence-corrected chi connectivity index (χ1v) is 5.52. The molecule has 1 amide bonds. The van der Waals surface area contributed by atoms with Gasteiger partial charge in [0.05, 0.1) is 0 Å². The van der Waals surface area contributed by atoms with Crippen LogP contribution >= 0.6 is 0 Å². The van der Waals surface area contributed by atoms with Gasteiger partial charge in [0.2, 0.25) is 5.91 Å². The Morgan fingerprint density at radius 2 is 2.07 bits per heavy atom. The van der Waals surface area contributed by atoms with Crippen LogP contribution in [-0.4, -0.2) is 47.3 Å². The molecule has 88 valence electrons. The van der Waals surface area contributed by atoms with E-state index in [0.29, 0.717) is 19.4 Å². The Hall–Kier alpha value is -0.610. The third-order valence-electron chi connectivity index (χ3n) is 3.02. The molecule has 1 atom stereocenters. The van der Waals surface area contributed by atoms with Crippen molar-refractivity contribution in [2.45, 2.75) is 39.7 Å². The number of carbonyl (C=O) groups is 1. The van der Waals surface area contributed by atoms with Crippen LogP contribution in [0.1, 0.15) is 33.6 Å². The van der Waals surface area contributed by atoms with Crippen molar-refractivity contribution in [1.82, 2.24) is 10.0 Å². The minimum absolute atomic E-state index is 0.109. The molecule has 4 nitrogen and oxygen atoms in total. The third-order valence-corrected chi connectivity index (χ3v) is 3.02. The number of carbonyl (C=O) groups excluding carboxylic acids is 1. The van der Waals surface area contributed by atoms with E-state index >= 15 is 0 Å². The molecular formula is C11H22N2O2. The number of hydrazine groups is 1. The molecule has 0 aromatic rings. The van der Waals surface area contributed by atoms with Crippen LogP contribution in [0.2, 0.25) is 0 Å². The summed E-state index contributed by atoms with van der Waals surface area (Å²) in [6.45, 7) is 7.21. The van der Waals surface area contributed by atoms with E-state index in [1.165, 1.54) is 0 Å². The highest BCUT2D eigenvalue weighted by Crippen LogP contribution is 2.32. The number of hydrogen-bond donors (Lipinski definition) is 1. The number of rotatable bonds is 3. The van der Waals surface area contributed by atoms with Crippen LogP contribution in [0.4, 0.5) is 0 Å². The quantitative estimate of drug-likeness (QED) is 0.758. The molecule has 0 radical (unpaired) electrons. The predicted molar refractivity (Wildman–Crippen MR) is 59.0 cm³/mol. The Balaban J connectivity index is 2.66. The highest BCUT2D eigenvalue weighted by atomic mass is 16.3. The molecule has 1 fully saturated rings. The van der Waals surface area contributed by atoms with Gasteiger partial charge in [-0.1, -0.05) is 20.8 Å². The predicted octanol–water partition coefficient (Wildman–Crippen LogP) is 0.863. The van der Waals surface area contributed by atoms with Crippen molar-refractivity contribution in [2.75, 3.05) is 20.2 Å². The fraction of sp³-hybridized carbons (Fsp3) is 0.909. The highest BCUT2D eigenvalue weighted by molar-refractivity contribution is 5.78. The summed E-state index contributed by atoms with van der Waals surface area (Å²) < 4.78 is 0. The molecule has 1 heterocycles. The number of amides is 1. The molecule has 0 aromatic heterocycles. The zero-order valence-electron chi connectivity index (χ0n) is 10.2. The monoisotopic (exact) mass is 214 g/mol. The minimum atomic E-state index is 0.109. The molecule has 1 unspecified atom stereocenters. The van der Waals surface area contributed by atoms with Crippen LogP contribution in [0.25, 0.3) is 0 Å². The Bertz CT molecular complexity index is 235. The van der Waals surface area contributed by atoms with Crippen molar-refractivity contribution < 1.29 is 9.90 Å². The molecular weight excluding hydrogens is 192 g/mol. The molecule has 0 aromatic carbocycles. The van der Waals surface area contributed by atoms with Gasteiger partial charge in [0.15, 0.2) is 0 Å². The number of aliphatic hydroxyl groups excluding tert-OH is 1. The number of nitrogens with zero attached hydrogens (tertiary/aromatic N) is 2. The van der Waals surface area contributed by atoms with Crippen molar-refractivity contribution in [3.63, 3.8) is 0 Å². The van der Waals surface area contributed by atoms with Crippen molar-refractivity contribution >= 4 is 5.91 Å². The Morgan fingerprint density at radius 3 is 2.47 bits per heavy atom. The lowest BCUT2D eigenvalue weighted by Crippen LogP contribution is -2.44. The highest BCUT2D eigenvalue weighted by Gasteiger charge is 2.40. The van der Waals surface area contributed by atoms with Crippen molar-refractivity contribution in [3.05, 3.63) is 0 Å². The van der Waals surface area contributed by atoms with E-state index < -0.39 is 0 Å². The fourth-order valence-corrected chi connectivity index (χ4v) is 2.12. The molecule has 0 saturated carbocycles. The summed E-state index contributed by atoms with van der Waals surface area (Å²) >= 11 is 0. The molecule has 1 aliphatic heterocycles. The Kier molecular flexibility index (Phi) is 3.73. The minimum Gasteiger partial charge on any atom is -0.396 e. The molecule has 1 N–H and O–H groups in total. The third kappa shape index (κ3) is 2.69. The van der Waals surface area contributed by atoms with Gasteiger partial charge in [-0.2, -0.15) is 0 Å². The van der Waals surface area contributed by atoms with E-state index in [-0.39, 0.29) is 24.0 Å². The maximum atomic E-state index is 11.8. The van der Waals surface area contributed by atoms with Crippen molar-refractivity contribution in [1.29, 1.82) is 0 Å². The van der Waals surface area contributed by atoms with Crippen LogP contribution in [0.3, 0.4) is 0 Å². The zero-order chi connectivity index (χ0) is 11.6. The van der Waals surface area contributed by atoms with Gasteiger partial charge in [-0.3, -0.25) is 9.80 Å². The summed E-state index contributed by atoms with van der Waals surface area (Å²) in [6, 6.07) is 0.267. The largest absolute Gasteiger partial charge is 0.396 e. The lowest BCUT2D eigenvalue weighted by Gasteiger charge is -2.35. The Morgan fingerprint density at radius 1 is 1.47 bits per heavy atom. The van der Waals surface area contributed by atoms with Gasteiger partial charge in [0.25, 0.3) is 0 Å². The normalized spacial score (nSPS) is 23.9. The molecule has 0 aliphatic carbocycles. The molecule has 0 spiro atoms. The van der Waals surface area contributed by atoms with Crippen LogP contribution in [0, 0.1) is 5.41 Å². The topological polar surface area (TPSA) is 43.8 Å². The fourth-order valence-electron chi connectivity index (χ4n) is 2.12. The van der Waals surface area contributed by atoms with E-state index in [9.17, 15) is 4.79 Å². The van der Waals surface area contributed by atoms with Gasteiger partial charge in [0, 0.05) is 32.7 Å². The van der Waals surface area contributed by atoms with Gasteiger partial charge in [0.1, 0.15) is 0 Å². The summed E-state index contributed by atoms with van der Waals surface area (Å²) in [6.07, 6.45) is 1.23. The summed E-state index contributed by atoms with van der Waals surface area (Å²) in [5, 5.41) is 12.6. The second-order valence-electron chi connectivity index (χ2n) is 5.25. The van der Waals surface area contributed by atoms with Crippen molar-refractivity contribution in [2.24, 2.45) is 5.41 Å². The SMILES string of the molecule is CN1C(C(C)(C)C)CC(=O)N1CCCO. The smallest absolute Gasteiger partial charge is 0.238 e. The van der Waals surface area contributed by atoms with Crippen molar-refractivity contribution in [3.8, 4) is 0 Å². The number of aliphatic hydroxyl groups is 1. The van der Waals surface area contributed by atoms with Gasteiger partial charge in [-0.05, 0) is 11.8 Å². The van der Waals surface area contributed by atoms with E-state index in [2.05, 4.69) is 20.8 Å². The first-order valence-electron chi connectivity index (χ1n) is 5.52. The number of hydrogen-bond acceptors (Lipinski definition) is 3. The Labute approximate surface area is 91.8 Å². The van der Waals surface area contributed by atoms with Gasteiger partial charge in [-0.25, -0.2) is 5.01 Å². The summed E-state index contributed by atoms with van der Waals surface area (Å²) in [7, 11) is 1.96. The zero-order valence-corrected chi connectivity index (χ0v) is 10.2. The summed E-state index contributed by atoms with van der Waals surface area (Å²) in [4.78, 5) is 11.8. The second kappa shape index (κ2) is 4.49. The maximum absolute atomic E-state index is 11.8. The van der Waals surface area contributed by atoms with Gasteiger partial charge < -0.3 is 5.11 Å². The van der Waals surface area contributed by atoms with E-state index in [0.717, 1.165) is 0 Å².